The number of carbonyl (C=O) groups excluding carboxylic acids is 1. The molecule has 0 spiro atoms. The van der Waals surface area contributed by atoms with E-state index < -0.39 is 11.5 Å². The van der Waals surface area contributed by atoms with Gasteiger partial charge >= 0.3 is 5.63 Å². The molecule has 0 aromatic carbocycles. The number of nitrogens with zero attached hydrogens (tertiary/aromatic N) is 3. The lowest BCUT2D eigenvalue weighted by atomic mass is 10.3. The molecule has 0 bridgehead atoms. The van der Waals surface area contributed by atoms with E-state index in [9.17, 15) is 9.59 Å². The van der Waals surface area contributed by atoms with Crippen LogP contribution in [0.2, 0.25) is 0 Å². The Bertz CT molecular complexity index is 992. The molecule has 28 heavy (non-hydrogen) atoms. The highest BCUT2D eigenvalue weighted by molar-refractivity contribution is 7.18. The van der Waals surface area contributed by atoms with Gasteiger partial charge < -0.3 is 20.2 Å². The molecule has 0 saturated heterocycles. The van der Waals surface area contributed by atoms with Crippen LogP contribution in [-0.2, 0) is 0 Å². The van der Waals surface area contributed by atoms with E-state index in [0.29, 0.717) is 23.0 Å². The maximum Gasteiger partial charge on any atom is 0.381 e. The summed E-state index contributed by atoms with van der Waals surface area (Å²) in [6.07, 6.45) is 3.58. The van der Waals surface area contributed by atoms with Gasteiger partial charge in [0, 0.05) is 17.5 Å². The summed E-state index contributed by atoms with van der Waals surface area (Å²) in [7, 11) is 1.33. The van der Waals surface area contributed by atoms with Gasteiger partial charge in [-0.3, -0.25) is 10.1 Å². The molecule has 4 N–H and O–H groups in total. The number of nitrogens with one attached hydrogen (secondary N) is 2. The van der Waals surface area contributed by atoms with E-state index in [2.05, 4.69) is 32.4 Å². The summed E-state index contributed by atoms with van der Waals surface area (Å²) < 4.78 is 10.1. The highest BCUT2D eigenvalue weighted by atomic mass is 32.1. The van der Waals surface area contributed by atoms with Crippen molar-refractivity contribution in [2.24, 2.45) is 10.7 Å². The SMILES string of the molecule is C=C(CC)Nc1cc(C(=O)Nc2nnc(/N=C(C)/C=C\N)s2)oc(=O)c1OC. The van der Waals surface area contributed by atoms with Gasteiger partial charge in [0.1, 0.15) is 0 Å². The molecular weight excluding hydrogens is 384 g/mol. The smallest absolute Gasteiger partial charge is 0.381 e. The molecule has 0 radical (unpaired) electrons. The fourth-order valence-corrected chi connectivity index (χ4v) is 2.63. The topological polar surface area (TPSA) is 145 Å². The Hall–Kier alpha value is -3.47. The fraction of sp³-hybridized carbons (Fsp3) is 0.235. The number of hydrogen-bond acceptors (Lipinski definition) is 10. The van der Waals surface area contributed by atoms with Gasteiger partial charge in [-0.1, -0.05) is 24.8 Å². The standard InChI is InChI=1S/C17H20N6O4S/c1-5-9(2)19-11-8-12(27-15(25)13(11)26-4)14(24)21-17-23-22-16(28-17)20-10(3)6-7-18/h6-8,19H,2,5,18H2,1,3-4H3,(H,21,23,24)/b7-6-,20-10+. The van der Waals surface area contributed by atoms with E-state index in [4.69, 9.17) is 14.9 Å². The van der Waals surface area contributed by atoms with Crippen molar-refractivity contribution in [2.45, 2.75) is 20.3 Å². The van der Waals surface area contributed by atoms with Gasteiger partial charge in [-0.25, -0.2) is 9.79 Å². The monoisotopic (exact) mass is 404 g/mol. The van der Waals surface area contributed by atoms with Crippen LogP contribution in [-0.4, -0.2) is 28.9 Å². The molecule has 1 amide bonds. The Morgan fingerprint density at radius 1 is 1.46 bits per heavy atom. The molecule has 10 nitrogen and oxygen atoms in total. The second-order valence-corrected chi connectivity index (χ2v) is 6.34. The molecule has 148 valence electrons. The first-order chi connectivity index (χ1) is 13.4. The summed E-state index contributed by atoms with van der Waals surface area (Å²) in [4.78, 5) is 28.7. The van der Waals surface area contributed by atoms with E-state index in [1.807, 2.05) is 6.92 Å². The average molecular weight is 404 g/mol. The van der Waals surface area contributed by atoms with Crippen LogP contribution in [0.25, 0.3) is 0 Å². The lowest BCUT2D eigenvalue weighted by Gasteiger charge is -2.11. The lowest BCUT2D eigenvalue weighted by Crippen LogP contribution is -2.17. The summed E-state index contributed by atoms with van der Waals surface area (Å²) in [5.74, 6) is -0.947. The molecule has 0 aliphatic rings. The van der Waals surface area contributed by atoms with E-state index in [-0.39, 0.29) is 22.3 Å². The zero-order valence-corrected chi connectivity index (χ0v) is 16.4. The van der Waals surface area contributed by atoms with Gasteiger partial charge in [-0.2, -0.15) is 0 Å². The molecule has 0 saturated carbocycles. The summed E-state index contributed by atoms with van der Waals surface area (Å²) in [6.45, 7) is 7.45. The van der Waals surface area contributed by atoms with Crippen molar-refractivity contribution in [1.82, 2.24) is 10.2 Å². The molecule has 2 heterocycles. The van der Waals surface area contributed by atoms with Crippen LogP contribution in [0.15, 0.2) is 44.8 Å². The molecular formula is C17H20N6O4S. The van der Waals surface area contributed by atoms with Gasteiger partial charge in [-0.15, -0.1) is 10.2 Å². The lowest BCUT2D eigenvalue weighted by molar-refractivity contribution is 0.0991. The predicted molar refractivity (Wildman–Crippen MR) is 109 cm³/mol. The third-order valence-corrected chi connectivity index (χ3v) is 4.05. The Kier molecular flexibility index (Phi) is 7.04. The van der Waals surface area contributed by atoms with Gasteiger partial charge in [-0.05, 0) is 25.6 Å². The second kappa shape index (κ2) is 9.46. The van der Waals surface area contributed by atoms with Crippen molar-refractivity contribution >= 4 is 38.9 Å². The number of hydrogen-bond donors (Lipinski definition) is 3. The van der Waals surface area contributed by atoms with Gasteiger partial charge in [0.15, 0.2) is 5.76 Å². The number of anilines is 2. The van der Waals surface area contributed by atoms with Crippen LogP contribution in [0.3, 0.4) is 0 Å². The summed E-state index contributed by atoms with van der Waals surface area (Å²) in [5.41, 5.74) is 6.05. The Labute approximate surface area is 164 Å². The quantitative estimate of drug-likeness (QED) is 0.569. The number of carbonyl (C=O) groups is 1. The molecule has 0 fully saturated rings. The molecule has 2 aromatic rings. The van der Waals surface area contributed by atoms with Crippen molar-refractivity contribution in [2.75, 3.05) is 17.7 Å². The fourth-order valence-electron chi connectivity index (χ4n) is 1.96. The van der Waals surface area contributed by atoms with E-state index >= 15 is 0 Å². The van der Waals surface area contributed by atoms with Crippen LogP contribution in [0, 0.1) is 0 Å². The Balaban J connectivity index is 2.25. The molecule has 0 aliphatic heterocycles. The van der Waals surface area contributed by atoms with Crippen molar-refractivity contribution < 1.29 is 13.9 Å². The first-order valence-electron chi connectivity index (χ1n) is 8.13. The summed E-state index contributed by atoms with van der Waals surface area (Å²) in [6, 6.07) is 1.35. The average Bonchev–Trinajstić information content (AvgIpc) is 3.08. The van der Waals surface area contributed by atoms with Crippen LogP contribution >= 0.6 is 11.3 Å². The number of rotatable bonds is 8. The third kappa shape index (κ3) is 5.27. The highest BCUT2D eigenvalue weighted by Crippen LogP contribution is 2.26. The zero-order chi connectivity index (χ0) is 20.7. The first kappa shape index (κ1) is 20.8. The van der Waals surface area contributed by atoms with E-state index in [1.165, 1.54) is 19.4 Å². The number of ether oxygens (including phenoxy) is 1. The van der Waals surface area contributed by atoms with Crippen LogP contribution < -0.4 is 26.7 Å². The minimum absolute atomic E-state index is 0.0536. The van der Waals surface area contributed by atoms with Crippen LogP contribution in [0.5, 0.6) is 5.75 Å². The number of amides is 1. The van der Waals surface area contributed by atoms with Crippen molar-refractivity contribution in [3.05, 3.63) is 46.8 Å². The van der Waals surface area contributed by atoms with Crippen molar-refractivity contribution in [1.29, 1.82) is 0 Å². The number of nitrogens with two attached hydrogens (primary N) is 1. The third-order valence-electron chi connectivity index (χ3n) is 3.32. The van der Waals surface area contributed by atoms with E-state index in [1.54, 1.807) is 13.0 Å². The molecule has 11 heteroatoms. The van der Waals surface area contributed by atoms with Crippen LogP contribution in [0.1, 0.15) is 30.8 Å². The number of aliphatic imine (C=N–C) groups is 1. The molecule has 0 atom stereocenters. The van der Waals surface area contributed by atoms with Gasteiger partial charge in [0.05, 0.1) is 12.8 Å². The Morgan fingerprint density at radius 2 is 2.21 bits per heavy atom. The van der Waals surface area contributed by atoms with Crippen molar-refractivity contribution in [3.8, 4) is 5.75 Å². The second-order valence-electron chi connectivity index (χ2n) is 5.38. The molecule has 0 unspecified atom stereocenters. The zero-order valence-electron chi connectivity index (χ0n) is 15.6. The number of methoxy groups -OCH3 is 1. The molecule has 0 aliphatic carbocycles. The predicted octanol–water partition coefficient (Wildman–Crippen LogP) is 2.65. The minimum atomic E-state index is -0.798. The number of allylic oxidation sites excluding steroid dienone is 2. The maximum absolute atomic E-state index is 12.4. The number of aromatic nitrogens is 2. The van der Waals surface area contributed by atoms with Crippen LogP contribution in [0.4, 0.5) is 16.0 Å². The summed E-state index contributed by atoms with van der Waals surface area (Å²) >= 11 is 1.05. The summed E-state index contributed by atoms with van der Waals surface area (Å²) in [5, 5.41) is 13.7. The minimum Gasteiger partial charge on any atom is -0.488 e. The highest BCUT2D eigenvalue weighted by Gasteiger charge is 2.19. The maximum atomic E-state index is 12.4. The largest absolute Gasteiger partial charge is 0.488 e. The van der Waals surface area contributed by atoms with Crippen molar-refractivity contribution in [3.63, 3.8) is 0 Å². The van der Waals surface area contributed by atoms with E-state index in [0.717, 1.165) is 11.3 Å². The first-order valence-corrected chi connectivity index (χ1v) is 8.94. The van der Waals surface area contributed by atoms with Gasteiger partial charge in [0.2, 0.25) is 16.0 Å². The van der Waals surface area contributed by atoms with Gasteiger partial charge in [0.25, 0.3) is 5.91 Å². The molecule has 2 rings (SSSR count). The Morgan fingerprint density at radius 3 is 2.86 bits per heavy atom. The normalized spacial score (nSPS) is 11.5. The molecule has 2 aromatic heterocycles.